The second-order valence-corrected chi connectivity index (χ2v) is 47.0. The number of fused-ring (bicyclic) bond motifs is 4. The average Bonchev–Trinajstić information content (AvgIpc) is 1.79. The molecule has 8 rings (SSSR count). The zero-order valence-corrected chi connectivity index (χ0v) is 61.3. The Bertz CT molecular complexity index is 2980. The molecule has 8 heterocycles. The van der Waals surface area contributed by atoms with E-state index in [1.165, 1.54) is 67.4 Å². The Hall–Kier alpha value is -1.83. The smallest absolute Gasteiger partial charge is 0.281 e. The maximum atomic E-state index is 14.9. The summed E-state index contributed by atoms with van der Waals surface area (Å²) in [4.78, 5) is 50.6. The lowest BCUT2D eigenvalue weighted by Gasteiger charge is -2.42. The first-order chi connectivity index (χ1) is 39.4. The number of nitrogens with zero attached hydrogens (tertiary/aromatic N) is 7. The summed E-state index contributed by atoms with van der Waals surface area (Å²) in [6, 6.07) is 0. The van der Waals surface area contributed by atoms with Gasteiger partial charge >= 0.3 is 0 Å². The predicted octanol–water partition coefficient (Wildman–Crippen LogP) is 7.91. The third-order valence-corrected chi connectivity index (χ3v) is 35.2. The highest BCUT2D eigenvalue weighted by molar-refractivity contribution is 8.32. The van der Waals surface area contributed by atoms with Crippen LogP contribution in [0.15, 0.2) is 30.0 Å². The van der Waals surface area contributed by atoms with E-state index in [0.717, 1.165) is 30.3 Å². The van der Waals surface area contributed by atoms with Crippen LogP contribution in [0.4, 0.5) is 5.82 Å². The highest BCUT2D eigenvalue weighted by Gasteiger charge is 2.56. The average molecular weight is 1320 g/mol. The SMILES string of the molecule is CC(C)(C)[Si](C)(C)OCCn1cnc2c(ncn2[C@@H]2O[C@@H]3COP(=O)([S-])O[C@H]4[C@@H](O[Si](C)(C)C(C)(C)C)[C@H](n5cc6c7c(ncnc75)NCCC6)O[C@@H]4COP([O-])(=S)O[C@@H]2[C@@H]3O[Si](C)(C)C(C)(C)C)c1=O.CC[NH+](CC)CC.CC[NH+](CC)CC. The molecule has 3 fully saturated rings. The van der Waals surface area contributed by atoms with E-state index in [4.69, 9.17) is 69.9 Å². The van der Waals surface area contributed by atoms with Crippen LogP contribution in [0.3, 0.4) is 0 Å². The van der Waals surface area contributed by atoms with Gasteiger partial charge < -0.3 is 77.7 Å². The van der Waals surface area contributed by atoms with E-state index in [0.29, 0.717) is 18.1 Å². The van der Waals surface area contributed by atoms with Gasteiger partial charge in [-0.15, -0.1) is 0 Å². The summed E-state index contributed by atoms with van der Waals surface area (Å²) >= 11 is 11.5. The van der Waals surface area contributed by atoms with Gasteiger partial charge in [-0.1, -0.05) is 74.1 Å². The highest BCUT2D eigenvalue weighted by Crippen LogP contribution is 2.56. The monoisotopic (exact) mass is 1320 g/mol. The molecule has 0 spiro atoms. The first-order valence-corrected chi connectivity index (χ1v) is 44.5. The maximum absolute atomic E-state index is 14.9. The minimum Gasteiger partial charge on any atom is -0.780 e. The molecule has 484 valence electrons. The molecule has 2 unspecified atom stereocenters. The Morgan fingerprint density at radius 1 is 0.718 bits per heavy atom. The van der Waals surface area contributed by atoms with Crippen LogP contribution in [0.25, 0.3) is 22.2 Å². The van der Waals surface area contributed by atoms with Crippen LogP contribution in [0.1, 0.15) is 128 Å². The molecule has 0 saturated carbocycles. The number of imidazole rings is 1. The second kappa shape index (κ2) is 28.8. The minimum atomic E-state index is -4.53. The fourth-order valence-corrected chi connectivity index (χ4v) is 16.4. The summed E-state index contributed by atoms with van der Waals surface area (Å²) in [5.41, 5.74) is 1.46. The first kappa shape index (κ1) is 72.2. The summed E-state index contributed by atoms with van der Waals surface area (Å²) in [5.74, 6) is 0.709. The van der Waals surface area contributed by atoms with Crippen molar-refractivity contribution in [1.82, 2.24) is 33.6 Å². The van der Waals surface area contributed by atoms with E-state index in [2.05, 4.69) is 150 Å². The molecule has 3 N–H and O–H groups in total. The first-order valence-electron chi connectivity index (χ1n) is 30.7. The zero-order chi connectivity index (χ0) is 63.5. The van der Waals surface area contributed by atoms with Crippen molar-refractivity contribution in [3.8, 4) is 0 Å². The Kier molecular flexibility index (Phi) is 24.5. The van der Waals surface area contributed by atoms with E-state index in [1.54, 1.807) is 9.80 Å². The number of aryl methyl sites for hydroxylation is 1. The van der Waals surface area contributed by atoms with E-state index >= 15 is 0 Å². The van der Waals surface area contributed by atoms with Gasteiger partial charge in [0, 0.05) is 19.3 Å². The fraction of sp³-hybridized carbons (Fsp3) is 0.804. The van der Waals surface area contributed by atoms with E-state index in [-0.39, 0.29) is 32.8 Å². The highest BCUT2D eigenvalue weighted by atomic mass is 32.7. The summed E-state index contributed by atoms with van der Waals surface area (Å²) in [6.07, 6.45) is -0.766. The van der Waals surface area contributed by atoms with E-state index < -0.39 is 106 Å². The van der Waals surface area contributed by atoms with Crippen molar-refractivity contribution >= 4 is 90.5 Å². The maximum Gasteiger partial charge on any atom is 0.281 e. The van der Waals surface area contributed by atoms with Crippen molar-refractivity contribution < 1.29 is 60.1 Å². The molecule has 4 aliphatic heterocycles. The van der Waals surface area contributed by atoms with Gasteiger partial charge in [-0.3, -0.25) is 18.5 Å². The zero-order valence-electron chi connectivity index (χ0n) is 54.9. The van der Waals surface area contributed by atoms with E-state index in [9.17, 15) is 14.3 Å². The van der Waals surface area contributed by atoms with Crippen molar-refractivity contribution in [3.63, 3.8) is 0 Å². The van der Waals surface area contributed by atoms with Crippen LogP contribution in [0, 0.1) is 0 Å². The van der Waals surface area contributed by atoms with Crippen molar-refractivity contribution in [2.45, 2.75) is 227 Å². The van der Waals surface area contributed by atoms with Gasteiger partial charge in [0.1, 0.15) is 67.5 Å². The lowest BCUT2D eigenvalue weighted by molar-refractivity contribution is -0.894. The molecule has 85 heavy (non-hydrogen) atoms. The van der Waals surface area contributed by atoms with Crippen LogP contribution in [0.5, 0.6) is 0 Å². The normalized spacial score (nSPS) is 27.3. The Morgan fingerprint density at radius 2 is 1.27 bits per heavy atom. The number of hydrogen-bond acceptors (Lipinski definition) is 19. The number of nitrogens with one attached hydrogen (secondary N) is 3. The standard InChI is InChI=1S/C44H74N8O12P2S2Si3.2C6H15N/c1-42(2,3)69(10,11)58-20-19-50-25-49-38-31(39(50)53)48-26-52(38)40-34-33(63-70(12,13)43(4,5)6)29(60-40)23-57-65(54,67)61-32-28(22-56-66(55,68)62-34)59-41(35(32)64-71(14,15)44(7,8)9)51-21-27-17-16-18-45-36-30(27)37(51)47-24-46-36;2*1-4-7(5-2)6-3/h21,24-26,28-29,32-35,40-41H,16-20,22-23H2,1-15H3,(H,54,67)(H,55,68)(H,45,46,47);2*4-6H2,1-3H3/t28-,29-,32-,33-,34-,35-,40-,41-,65?,66?;;/m1../s1. The number of anilines is 1. The molecule has 4 aliphatic rings. The van der Waals surface area contributed by atoms with Crippen molar-refractivity contribution in [2.24, 2.45) is 0 Å². The van der Waals surface area contributed by atoms with Crippen LogP contribution >= 0.6 is 13.5 Å². The lowest BCUT2D eigenvalue weighted by Crippen LogP contribution is -3.11. The number of hydrogen-bond donors (Lipinski definition) is 3. The summed E-state index contributed by atoms with van der Waals surface area (Å²) in [6.45, 7) is 44.0. The number of rotatable bonds is 16. The van der Waals surface area contributed by atoms with Crippen LogP contribution < -0.4 is 25.6 Å². The Morgan fingerprint density at radius 3 is 1.82 bits per heavy atom. The molecule has 4 aromatic heterocycles. The van der Waals surface area contributed by atoms with Crippen molar-refractivity contribution in [2.75, 3.05) is 71.0 Å². The van der Waals surface area contributed by atoms with Crippen molar-refractivity contribution in [1.29, 1.82) is 0 Å². The molecule has 22 nitrogen and oxygen atoms in total. The van der Waals surface area contributed by atoms with Crippen LogP contribution in [-0.2, 0) is 82.4 Å². The second-order valence-electron chi connectivity index (χ2n) is 27.3. The molecule has 4 aromatic rings. The van der Waals surface area contributed by atoms with Gasteiger partial charge in [-0.25, -0.2) is 19.9 Å². The molecule has 29 heteroatoms. The molecule has 0 aliphatic carbocycles. The van der Waals surface area contributed by atoms with E-state index in [1.807, 2.05) is 23.9 Å². The molecule has 0 radical (unpaired) electrons. The molecule has 10 atom stereocenters. The largest absolute Gasteiger partial charge is 0.780 e. The molecule has 2 bridgehead atoms. The lowest BCUT2D eigenvalue weighted by atomic mass is 10.1. The number of quaternary nitrogens is 2. The van der Waals surface area contributed by atoms with Gasteiger partial charge in [-0.2, -0.15) is 0 Å². The number of ether oxygens (including phenoxy) is 2. The van der Waals surface area contributed by atoms with Gasteiger partial charge in [-0.05, 0) is 114 Å². The molecular weight excluding hydrogens is 1220 g/mol. The molecular formula is C56H104N10O12P2S2Si3. The fourth-order valence-electron chi connectivity index (χ4n) is 9.93. The van der Waals surface area contributed by atoms with Gasteiger partial charge in [0.25, 0.3) is 5.56 Å². The molecule has 3 saturated heterocycles. The summed E-state index contributed by atoms with van der Waals surface area (Å²) in [7, 11) is -7.50. The quantitative estimate of drug-likeness (QED) is 0.0550. The Labute approximate surface area is 520 Å². The van der Waals surface area contributed by atoms with Crippen LogP contribution in [0.2, 0.25) is 54.4 Å². The Balaban J connectivity index is 0.000000736. The molecule has 0 amide bonds. The van der Waals surface area contributed by atoms with Crippen LogP contribution in [-0.4, -0.2) is 161 Å². The number of aromatic nitrogens is 7. The third-order valence-electron chi connectivity index (χ3n) is 18.6. The molecule has 0 aromatic carbocycles. The third kappa shape index (κ3) is 17.2. The minimum absolute atomic E-state index is 0.00868. The topological polar surface area (TPSA) is 228 Å². The predicted molar refractivity (Wildman–Crippen MR) is 347 cm³/mol. The van der Waals surface area contributed by atoms with Gasteiger partial charge in [0.2, 0.25) is 0 Å². The van der Waals surface area contributed by atoms with Crippen molar-refractivity contribution in [3.05, 3.63) is 41.1 Å². The summed E-state index contributed by atoms with van der Waals surface area (Å²) in [5, 5.41) is 3.66. The van der Waals surface area contributed by atoms with Gasteiger partial charge in [0.05, 0.1) is 70.8 Å². The summed E-state index contributed by atoms with van der Waals surface area (Å²) < 4.78 is 79.2. The van der Waals surface area contributed by atoms with Gasteiger partial charge in [0.15, 0.2) is 55.4 Å².